The topological polar surface area (TPSA) is 77.5 Å². The van der Waals surface area contributed by atoms with Gasteiger partial charge in [-0.2, -0.15) is 0 Å². The van der Waals surface area contributed by atoms with Gasteiger partial charge in [-0.25, -0.2) is 4.99 Å². The molecule has 1 N–H and O–H groups in total. The Balaban J connectivity index is 2.14. The zero-order valence-corrected chi connectivity index (χ0v) is 17.6. The van der Waals surface area contributed by atoms with Gasteiger partial charge in [0.1, 0.15) is 6.54 Å². The van der Waals surface area contributed by atoms with Crippen LogP contribution in [-0.4, -0.2) is 97.0 Å². The molecule has 1 atom stereocenters. The molecule has 2 fully saturated rings. The first-order valence-corrected chi connectivity index (χ1v) is 9.79. The Bertz CT molecular complexity index is 568. The smallest absolute Gasteiger partial charge is 0.243 e. The fourth-order valence-electron chi connectivity index (χ4n) is 3.88. The lowest BCUT2D eigenvalue weighted by atomic mass is 9.96. The number of ether oxygens (including phenoxy) is 1. The number of carbonyl (C=O) groups is 2. The average Bonchev–Trinajstić information content (AvgIpc) is 3.05. The summed E-state index contributed by atoms with van der Waals surface area (Å²) in [6.07, 6.45) is 2.24. The van der Waals surface area contributed by atoms with Gasteiger partial charge in [-0.3, -0.25) is 9.59 Å². The van der Waals surface area contributed by atoms with E-state index in [0.717, 1.165) is 19.4 Å². The Morgan fingerprint density at radius 1 is 1.41 bits per heavy atom. The maximum atomic E-state index is 12.8. The van der Waals surface area contributed by atoms with E-state index >= 15 is 0 Å². The van der Waals surface area contributed by atoms with Crippen LogP contribution in [0.4, 0.5) is 0 Å². The van der Waals surface area contributed by atoms with Crippen molar-refractivity contribution >= 4 is 17.8 Å². The predicted octanol–water partition coefficient (Wildman–Crippen LogP) is 0.530. The molecule has 0 aromatic heterocycles. The number of nitrogens with zero attached hydrogens (tertiary/aromatic N) is 4. The number of hydrogen-bond acceptors (Lipinski definition) is 4. The molecule has 154 valence electrons. The molecule has 0 bridgehead atoms. The van der Waals surface area contributed by atoms with Crippen molar-refractivity contribution in [3.05, 3.63) is 0 Å². The average molecular weight is 382 g/mol. The molecule has 2 rings (SSSR count). The van der Waals surface area contributed by atoms with Gasteiger partial charge in [0, 0.05) is 39.8 Å². The van der Waals surface area contributed by atoms with Crippen LogP contribution in [0.2, 0.25) is 0 Å². The fraction of sp³-hybridized carbons (Fsp3) is 0.842. The molecule has 2 saturated heterocycles. The van der Waals surface area contributed by atoms with Gasteiger partial charge in [0.25, 0.3) is 0 Å². The van der Waals surface area contributed by atoms with Gasteiger partial charge in [0.15, 0.2) is 5.96 Å². The molecule has 2 aliphatic rings. The van der Waals surface area contributed by atoms with Gasteiger partial charge in [-0.05, 0) is 40.5 Å². The molecule has 1 unspecified atom stereocenters. The van der Waals surface area contributed by atoms with E-state index in [0.29, 0.717) is 19.0 Å². The third-order valence-electron chi connectivity index (χ3n) is 5.02. The standard InChI is InChI=1S/C19H35N5O3/c1-14(2)24-17(26)12-23(13-19(24,3)4)18(21-11-16(25)22(5)6)20-10-15-8-7-9-27-15/h14-15H,7-13H2,1-6H3,(H,20,21). The van der Waals surface area contributed by atoms with E-state index < -0.39 is 0 Å². The molecule has 8 nitrogen and oxygen atoms in total. The van der Waals surface area contributed by atoms with Crippen molar-refractivity contribution < 1.29 is 14.3 Å². The third-order valence-corrected chi connectivity index (χ3v) is 5.02. The Hall–Kier alpha value is -1.83. The largest absolute Gasteiger partial charge is 0.376 e. The minimum atomic E-state index is -0.318. The molecule has 0 aliphatic carbocycles. The highest BCUT2D eigenvalue weighted by Crippen LogP contribution is 2.24. The minimum absolute atomic E-state index is 0.0554. The van der Waals surface area contributed by atoms with Gasteiger partial charge < -0.3 is 24.8 Å². The maximum absolute atomic E-state index is 12.8. The summed E-state index contributed by atoms with van der Waals surface area (Å²) in [6, 6.07) is 0.144. The summed E-state index contributed by atoms with van der Waals surface area (Å²) in [5.41, 5.74) is -0.318. The minimum Gasteiger partial charge on any atom is -0.376 e. The van der Waals surface area contributed by atoms with E-state index in [2.05, 4.69) is 24.2 Å². The number of rotatable bonds is 5. The lowest BCUT2D eigenvalue weighted by Gasteiger charge is -2.49. The van der Waals surface area contributed by atoms with Crippen LogP contribution in [-0.2, 0) is 14.3 Å². The second kappa shape index (κ2) is 8.91. The summed E-state index contributed by atoms with van der Waals surface area (Å²) in [5, 5.41) is 3.34. The van der Waals surface area contributed by atoms with Gasteiger partial charge in [-0.1, -0.05) is 0 Å². The molecule has 2 heterocycles. The van der Waals surface area contributed by atoms with Crippen LogP contribution in [0.3, 0.4) is 0 Å². The molecule has 0 saturated carbocycles. The van der Waals surface area contributed by atoms with Crippen molar-refractivity contribution in [1.82, 2.24) is 20.0 Å². The molecule has 27 heavy (non-hydrogen) atoms. The molecule has 0 radical (unpaired) electrons. The molecule has 8 heteroatoms. The number of piperazine rings is 1. The Kier molecular flexibility index (Phi) is 7.08. The van der Waals surface area contributed by atoms with E-state index in [4.69, 9.17) is 4.74 Å². The van der Waals surface area contributed by atoms with Crippen LogP contribution >= 0.6 is 0 Å². The monoisotopic (exact) mass is 381 g/mol. The molecule has 0 spiro atoms. The number of guanidine groups is 1. The zero-order valence-electron chi connectivity index (χ0n) is 17.6. The van der Waals surface area contributed by atoms with Crippen LogP contribution in [0.15, 0.2) is 4.99 Å². The summed E-state index contributed by atoms with van der Waals surface area (Å²) in [6.45, 7) is 10.6. The SMILES string of the molecule is CC(C)N1C(=O)CN(C(=NCC(=O)N(C)C)NCC2CCCO2)CC1(C)C. The first-order chi connectivity index (χ1) is 12.6. The van der Waals surface area contributed by atoms with E-state index in [1.165, 1.54) is 4.90 Å². The van der Waals surface area contributed by atoms with Crippen LogP contribution in [0.25, 0.3) is 0 Å². The van der Waals surface area contributed by atoms with E-state index in [-0.39, 0.29) is 42.6 Å². The van der Waals surface area contributed by atoms with Crippen molar-refractivity contribution in [2.75, 3.05) is 46.9 Å². The lowest BCUT2D eigenvalue weighted by Crippen LogP contribution is -2.66. The first-order valence-electron chi connectivity index (χ1n) is 9.79. The number of aliphatic imine (C=N–C) groups is 1. The summed E-state index contributed by atoms with van der Waals surface area (Å²) in [7, 11) is 3.43. The summed E-state index contributed by atoms with van der Waals surface area (Å²) < 4.78 is 5.68. The number of likely N-dealkylation sites (N-methyl/N-ethyl adjacent to an activating group) is 1. The summed E-state index contributed by atoms with van der Waals surface area (Å²) in [4.78, 5) is 34.7. The highest BCUT2D eigenvalue weighted by Gasteiger charge is 2.40. The van der Waals surface area contributed by atoms with Crippen LogP contribution in [0.5, 0.6) is 0 Å². The highest BCUT2D eigenvalue weighted by molar-refractivity contribution is 5.90. The van der Waals surface area contributed by atoms with Gasteiger partial charge in [-0.15, -0.1) is 0 Å². The molecule has 0 aromatic rings. The Labute approximate surface area is 162 Å². The lowest BCUT2D eigenvalue weighted by molar-refractivity contribution is -0.145. The molecular weight excluding hydrogens is 346 g/mol. The van der Waals surface area contributed by atoms with Crippen molar-refractivity contribution in [1.29, 1.82) is 0 Å². The van der Waals surface area contributed by atoms with Crippen molar-refractivity contribution in [2.45, 2.75) is 58.2 Å². The second-order valence-corrected chi connectivity index (χ2v) is 8.47. The van der Waals surface area contributed by atoms with Crippen LogP contribution < -0.4 is 5.32 Å². The Morgan fingerprint density at radius 2 is 2.11 bits per heavy atom. The van der Waals surface area contributed by atoms with E-state index in [1.54, 1.807) is 14.1 Å². The predicted molar refractivity (Wildman–Crippen MR) is 106 cm³/mol. The van der Waals surface area contributed by atoms with Gasteiger partial charge >= 0.3 is 0 Å². The number of carbonyl (C=O) groups excluding carboxylic acids is 2. The highest BCUT2D eigenvalue weighted by atomic mass is 16.5. The molecular formula is C19H35N5O3. The fourth-order valence-corrected chi connectivity index (χ4v) is 3.88. The van der Waals surface area contributed by atoms with Crippen molar-refractivity contribution in [3.8, 4) is 0 Å². The van der Waals surface area contributed by atoms with Crippen LogP contribution in [0, 0.1) is 0 Å². The normalized spacial score (nSPS) is 23.1. The van der Waals surface area contributed by atoms with Gasteiger partial charge in [0.2, 0.25) is 11.8 Å². The maximum Gasteiger partial charge on any atom is 0.243 e. The number of hydrogen-bond donors (Lipinski definition) is 1. The molecule has 0 aromatic carbocycles. The zero-order chi connectivity index (χ0) is 20.2. The van der Waals surface area contributed by atoms with E-state index in [9.17, 15) is 9.59 Å². The van der Waals surface area contributed by atoms with Crippen LogP contribution in [0.1, 0.15) is 40.5 Å². The van der Waals surface area contributed by atoms with Crippen molar-refractivity contribution in [3.63, 3.8) is 0 Å². The third kappa shape index (κ3) is 5.57. The van der Waals surface area contributed by atoms with E-state index in [1.807, 2.05) is 23.6 Å². The van der Waals surface area contributed by atoms with Gasteiger partial charge in [0.05, 0.1) is 18.2 Å². The van der Waals surface area contributed by atoms with Crippen molar-refractivity contribution in [2.24, 2.45) is 4.99 Å². The number of amides is 2. The summed E-state index contributed by atoms with van der Waals surface area (Å²) in [5.74, 6) is 0.607. The second-order valence-electron chi connectivity index (χ2n) is 8.47. The molecule has 2 aliphatic heterocycles. The number of nitrogens with one attached hydrogen (secondary N) is 1. The quantitative estimate of drug-likeness (QED) is 0.555. The first kappa shape index (κ1) is 21.5. The summed E-state index contributed by atoms with van der Waals surface area (Å²) >= 11 is 0. The Morgan fingerprint density at radius 3 is 2.63 bits per heavy atom. The molecule has 2 amide bonds.